The van der Waals surface area contributed by atoms with Crippen LogP contribution in [0.4, 0.5) is 0 Å². The Hall–Kier alpha value is -3.75. The molecule has 188 valence electrons. The van der Waals surface area contributed by atoms with Crippen LogP contribution in [-0.2, 0) is 4.79 Å². The van der Waals surface area contributed by atoms with Crippen LogP contribution in [0.2, 0.25) is 0 Å². The van der Waals surface area contributed by atoms with E-state index in [1.807, 2.05) is 13.8 Å². The molecule has 0 radical (unpaired) electrons. The van der Waals surface area contributed by atoms with Gasteiger partial charge in [-0.05, 0) is 50.2 Å². The molecule has 4 heterocycles. The third-order valence-electron chi connectivity index (χ3n) is 7.41. The molecule has 2 aromatic rings. The molecule has 9 heteroatoms. The second-order valence-electron chi connectivity index (χ2n) is 10.5. The zero-order valence-corrected chi connectivity index (χ0v) is 20.4. The maximum Gasteiger partial charge on any atom is 0.254 e. The van der Waals surface area contributed by atoms with Gasteiger partial charge in [0.25, 0.3) is 11.8 Å². The van der Waals surface area contributed by atoms with E-state index in [0.717, 1.165) is 0 Å². The number of ketones is 1. The monoisotopic (exact) mass is 492 g/mol. The number of likely N-dealkylation sites (tertiary alicyclic amines) is 2. The van der Waals surface area contributed by atoms with Crippen molar-refractivity contribution in [2.24, 2.45) is 10.8 Å². The Balaban J connectivity index is 1.24. The van der Waals surface area contributed by atoms with Gasteiger partial charge in [0.15, 0.2) is 28.8 Å². The third-order valence-corrected chi connectivity index (χ3v) is 7.41. The molecular formula is C27H28N2O7. The number of nitrogens with zero attached hydrogens (tertiary/aromatic N) is 2. The number of hydrogen-bond donors (Lipinski definition) is 0. The topological polar surface area (TPSA) is 94.6 Å². The van der Waals surface area contributed by atoms with Gasteiger partial charge >= 0.3 is 0 Å². The van der Waals surface area contributed by atoms with E-state index in [1.165, 1.54) is 0 Å². The minimum atomic E-state index is -0.877. The number of benzene rings is 2. The fraction of sp³-hybridized carbons (Fsp3) is 0.444. The van der Waals surface area contributed by atoms with Crippen molar-refractivity contribution in [2.75, 3.05) is 52.6 Å². The lowest BCUT2D eigenvalue weighted by Crippen LogP contribution is -2.69. The van der Waals surface area contributed by atoms with Crippen LogP contribution in [0.5, 0.6) is 23.0 Å². The van der Waals surface area contributed by atoms with Gasteiger partial charge in [-0.2, -0.15) is 0 Å². The molecule has 0 unspecified atom stereocenters. The summed E-state index contributed by atoms with van der Waals surface area (Å²) < 4.78 is 22.4. The van der Waals surface area contributed by atoms with E-state index in [2.05, 4.69) is 0 Å². The number of carbonyl (C=O) groups is 3. The van der Waals surface area contributed by atoms with E-state index >= 15 is 0 Å². The summed E-state index contributed by atoms with van der Waals surface area (Å²) in [5.41, 5.74) is -0.776. The minimum Gasteiger partial charge on any atom is -0.486 e. The van der Waals surface area contributed by atoms with Crippen molar-refractivity contribution < 1.29 is 33.3 Å². The number of Topliss-reactive ketones (excluding diaryl/α,β-unsaturated/α-hetero) is 1. The van der Waals surface area contributed by atoms with Gasteiger partial charge in [0.2, 0.25) is 0 Å². The Labute approximate surface area is 208 Å². The van der Waals surface area contributed by atoms with E-state index < -0.39 is 10.8 Å². The zero-order chi connectivity index (χ0) is 25.1. The molecule has 36 heavy (non-hydrogen) atoms. The largest absolute Gasteiger partial charge is 0.486 e. The lowest BCUT2D eigenvalue weighted by Gasteiger charge is -2.55. The first-order chi connectivity index (χ1) is 17.3. The number of amides is 2. The quantitative estimate of drug-likeness (QED) is 0.636. The first-order valence-corrected chi connectivity index (χ1v) is 12.2. The number of rotatable bonds is 2. The fourth-order valence-corrected chi connectivity index (χ4v) is 5.92. The molecule has 0 N–H and O–H groups in total. The summed E-state index contributed by atoms with van der Waals surface area (Å²) in [5, 5.41) is 0. The molecule has 2 aromatic carbocycles. The van der Waals surface area contributed by atoms with Crippen LogP contribution in [0.25, 0.3) is 0 Å². The Bertz CT molecular complexity index is 1170. The van der Waals surface area contributed by atoms with Gasteiger partial charge in [0.05, 0.1) is 10.8 Å². The average molecular weight is 493 g/mol. The predicted molar refractivity (Wildman–Crippen MR) is 128 cm³/mol. The maximum absolute atomic E-state index is 13.5. The molecule has 2 bridgehead atoms. The zero-order valence-electron chi connectivity index (χ0n) is 20.4. The van der Waals surface area contributed by atoms with Gasteiger partial charge in [-0.1, -0.05) is 0 Å². The van der Waals surface area contributed by atoms with Crippen LogP contribution < -0.4 is 18.9 Å². The summed E-state index contributed by atoms with van der Waals surface area (Å²) in [6, 6.07) is 10.3. The molecule has 2 saturated heterocycles. The van der Waals surface area contributed by atoms with Crippen LogP contribution >= 0.6 is 0 Å². The van der Waals surface area contributed by atoms with Crippen molar-refractivity contribution in [3.8, 4) is 23.0 Å². The molecule has 2 fully saturated rings. The first kappa shape index (κ1) is 22.7. The van der Waals surface area contributed by atoms with Crippen molar-refractivity contribution in [2.45, 2.75) is 13.8 Å². The normalized spacial score (nSPS) is 26.4. The first-order valence-electron chi connectivity index (χ1n) is 12.2. The summed E-state index contributed by atoms with van der Waals surface area (Å²) in [6.45, 7) is 6.47. The molecule has 0 aliphatic carbocycles. The molecule has 4 aliphatic heterocycles. The summed E-state index contributed by atoms with van der Waals surface area (Å²) in [5.74, 6) is 2.11. The van der Waals surface area contributed by atoms with Gasteiger partial charge in [-0.15, -0.1) is 0 Å². The van der Waals surface area contributed by atoms with Gasteiger partial charge in [-0.25, -0.2) is 0 Å². The molecule has 4 aliphatic rings. The number of hydrogen-bond acceptors (Lipinski definition) is 7. The highest BCUT2D eigenvalue weighted by molar-refractivity contribution is 6.01. The van der Waals surface area contributed by atoms with Crippen molar-refractivity contribution in [3.05, 3.63) is 47.5 Å². The van der Waals surface area contributed by atoms with E-state index in [4.69, 9.17) is 18.9 Å². The Kier molecular flexibility index (Phi) is 5.14. The molecular weight excluding hydrogens is 464 g/mol. The molecule has 0 atom stereocenters. The number of ether oxygens (including phenoxy) is 4. The lowest BCUT2D eigenvalue weighted by atomic mass is 9.64. The van der Waals surface area contributed by atoms with Gasteiger partial charge in [0.1, 0.15) is 26.4 Å². The van der Waals surface area contributed by atoms with E-state index in [1.54, 1.807) is 46.2 Å². The van der Waals surface area contributed by atoms with Gasteiger partial charge in [-0.3, -0.25) is 14.4 Å². The summed E-state index contributed by atoms with van der Waals surface area (Å²) >= 11 is 0. The number of fused-ring (bicyclic) bond motifs is 4. The highest BCUT2D eigenvalue weighted by Gasteiger charge is 2.57. The average Bonchev–Trinajstić information content (AvgIpc) is 2.89. The second-order valence-corrected chi connectivity index (χ2v) is 10.5. The number of piperidine rings is 2. The predicted octanol–water partition coefficient (Wildman–Crippen LogP) is 2.42. The van der Waals surface area contributed by atoms with Crippen molar-refractivity contribution in [1.82, 2.24) is 9.80 Å². The van der Waals surface area contributed by atoms with Gasteiger partial charge in [0, 0.05) is 37.3 Å². The van der Waals surface area contributed by atoms with Crippen LogP contribution in [0, 0.1) is 10.8 Å². The standard InChI is InChI=1S/C27H28N2O7/c1-26-13-28(23(30)17-3-5-19-21(11-17)35-9-7-33-19)15-27(2,25(26)32)16-29(14-26)24(31)18-4-6-20-22(12-18)36-10-8-34-20/h3-6,11-12H,7-10,13-16H2,1-2H3. The molecule has 0 spiro atoms. The summed E-state index contributed by atoms with van der Waals surface area (Å²) in [4.78, 5) is 44.0. The smallest absolute Gasteiger partial charge is 0.254 e. The van der Waals surface area contributed by atoms with E-state index in [0.29, 0.717) is 60.6 Å². The Morgan fingerprint density at radius 1 is 0.639 bits per heavy atom. The summed E-state index contributed by atoms with van der Waals surface area (Å²) in [7, 11) is 0. The van der Waals surface area contributed by atoms with Crippen molar-refractivity contribution >= 4 is 17.6 Å². The fourth-order valence-electron chi connectivity index (χ4n) is 5.92. The number of carbonyl (C=O) groups excluding carboxylic acids is 3. The van der Waals surface area contributed by atoms with Crippen LogP contribution in [0.15, 0.2) is 36.4 Å². The molecule has 9 nitrogen and oxygen atoms in total. The van der Waals surface area contributed by atoms with Crippen LogP contribution in [0.1, 0.15) is 34.6 Å². The molecule has 6 rings (SSSR count). The molecule has 0 saturated carbocycles. The van der Waals surface area contributed by atoms with Crippen molar-refractivity contribution in [3.63, 3.8) is 0 Å². The van der Waals surface area contributed by atoms with Crippen molar-refractivity contribution in [1.29, 1.82) is 0 Å². The van der Waals surface area contributed by atoms with Crippen LogP contribution in [0.3, 0.4) is 0 Å². The lowest BCUT2D eigenvalue weighted by molar-refractivity contribution is -0.153. The third kappa shape index (κ3) is 3.65. The highest BCUT2D eigenvalue weighted by atomic mass is 16.6. The Morgan fingerprint density at radius 2 is 1.00 bits per heavy atom. The Morgan fingerprint density at radius 3 is 1.39 bits per heavy atom. The SMILES string of the molecule is CC12CN(C(=O)c3ccc4c(c3)OCCO4)CC(C)(CN(C(=O)c3ccc4c(c3)OCCO4)C1)C2=O. The van der Waals surface area contributed by atoms with E-state index in [9.17, 15) is 14.4 Å². The van der Waals surface area contributed by atoms with E-state index in [-0.39, 0.29) is 43.8 Å². The highest BCUT2D eigenvalue weighted by Crippen LogP contribution is 2.44. The molecule has 2 amide bonds. The maximum atomic E-state index is 13.5. The van der Waals surface area contributed by atoms with Gasteiger partial charge < -0.3 is 28.7 Å². The molecule has 0 aromatic heterocycles. The second kappa shape index (κ2) is 8.15. The minimum absolute atomic E-state index is 0.0902. The van der Waals surface area contributed by atoms with Crippen LogP contribution in [-0.4, -0.2) is 80.0 Å². The summed E-state index contributed by atoms with van der Waals surface area (Å²) in [6.07, 6.45) is 0.